The number of hydrogen-bond donors (Lipinski definition) is 2. The van der Waals surface area contributed by atoms with E-state index in [0.29, 0.717) is 37.5 Å². The van der Waals surface area contributed by atoms with E-state index in [1.165, 1.54) is 26.1 Å². The lowest BCUT2D eigenvalue weighted by molar-refractivity contribution is -0.139. The summed E-state index contributed by atoms with van der Waals surface area (Å²) in [4.78, 5) is 42.8. The molecule has 12 nitrogen and oxygen atoms in total. The van der Waals surface area contributed by atoms with Crippen LogP contribution in [-0.4, -0.2) is 104 Å². The minimum Gasteiger partial charge on any atom is -0.497 e. The number of nitrogens with one attached hydrogen (secondary N) is 1. The Morgan fingerprint density at radius 2 is 1.68 bits per heavy atom. The van der Waals surface area contributed by atoms with Gasteiger partial charge in [0.2, 0.25) is 5.91 Å². The third kappa shape index (κ3) is 6.27. The van der Waals surface area contributed by atoms with E-state index in [1.54, 1.807) is 29.0 Å². The monoisotopic (exact) mass is 663 g/mol. The summed E-state index contributed by atoms with van der Waals surface area (Å²) < 4.78 is 35.8. The van der Waals surface area contributed by atoms with Gasteiger partial charge in [-0.1, -0.05) is 25.3 Å². The first-order chi connectivity index (χ1) is 22.5. The van der Waals surface area contributed by atoms with E-state index >= 15 is 0 Å². The number of fused-ring (bicyclic) bond motifs is 5. The van der Waals surface area contributed by atoms with Crippen molar-refractivity contribution in [3.63, 3.8) is 0 Å². The molecular weight excluding hydrogens is 622 g/mol. The fourth-order valence-corrected chi connectivity index (χ4v) is 7.58. The van der Waals surface area contributed by atoms with Crippen molar-refractivity contribution in [2.24, 2.45) is 0 Å². The van der Waals surface area contributed by atoms with Crippen LogP contribution in [0, 0.1) is 0 Å². The number of aliphatic hydroxyl groups is 1. The van der Waals surface area contributed by atoms with E-state index in [1.807, 2.05) is 30.3 Å². The maximum Gasteiger partial charge on any atom is 0.303 e. The summed E-state index contributed by atoms with van der Waals surface area (Å²) in [6, 6.07) is 11.2. The fourth-order valence-electron chi connectivity index (χ4n) is 7.04. The van der Waals surface area contributed by atoms with E-state index in [0.717, 1.165) is 57.7 Å². The number of carbonyl (C=O) groups is 3. The van der Waals surface area contributed by atoms with Crippen LogP contribution in [0.3, 0.4) is 0 Å². The largest absolute Gasteiger partial charge is 0.497 e. The summed E-state index contributed by atoms with van der Waals surface area (Å²) in [5.41, 5.74) is 5.44. The van der Waals surface area contributed by atoms with E-state index < -0.39 is 22.7 Å². The van der Waals surface area contributed by atoms with Crippen LogP contribution in [0.15, 0.2) is 42.0 Å². The van der Waals surface area contributed by atoms with Crippen molar-refractivity contribution in [2.75, 3.05) is 54.0 Å². The van der Waals surface area contributed by atoms with Gasteiger partial charge in [0.05, 0.1) is 19.3 Å². The van der Waals surface area contributed by atoms with Crippen LogP contribution in [0.2, 0.25) is 0 Å². The lowest BCUT2D eigenvalue weighted by Gasteiger charge is -2.35. The summed E-state index contributed by atoms with van der Waals surface area (Å²) in [6.07, 6.45) is 7.37. The third-order valence-electron chi connectivity index (χ3n) is 9.58. The van der Waals surface area contributed by atoms with Crippen molar-refractivity contribution in [1.29, 1.82) is 0 Å². The summed E-state index contributed by atoms with van der Waals surface area (Å²) in [6.45, 7) is 1.01. The molecule has 6 rings (SSSR count). The number of carbonyl (C=O) groups excluding carboxylic acids is 3. The topological polar surface area (TPSA) is 141 Å². The van der Waals surface area contributed by atoms with Gasteiger partial charge in [-0.3, -0.25) is 14.4 Å². The molecule has 0 radical (unpaired) electrons. The van der Waals surface area contributed by atoms with Crippen molar-refractivity contribution in [2.45, 2.75) is 44.6 Å². The Hall–Kier alpha value is -4.20. The normalized spacial score (nSPS) is 17.2. The van der Waals surface area contributed by atoms with Crippen molar-refractivity contribution >= 4 is 44.9 Å². The Labute approximate surface area is 274 Å². The third-order valence-corrected chi connectivity index (χ3v) is 11.0. The van der Waals surface area contributed by atoms with Crippen LogP contribution in [0.4, 0.5) is 0 Å². The number of nitrogens with zero attached hydrogens (tertiary/aromatic N) is 4. The van der Waals surface area contributed by atoms with Crippen molar-refractivity contribution < 1.29 is 32.6 Å². The molecule has 1 saturated carbocycles. The minimum absolute atomic E-state index is 0.158. The molecule has 0 atom stereocenters. The number of benzene rings is 2. The molecule has 0 spiro atoms. The molecule has 1 aromatic heterocycles. The predicted octanol–water partition coefficient (Wildman–Crippen LogP) is 2.96. The molecule has 0 bridgehead atoms. The molecule has 2 N–H and O–H groups in total. The molecule has 13 heteroatoms. The Morgan fingerprint density at radius 1 is 0.979 bits per heavy atom. The molecule has 0 unspecified atom stereocenters. The van der Waals surface area contributed by atoms with Crippen LogP contribution < -0.4 is 9.46 Å². The second-order valence-electron chi connectivity index (χ2n) is 12.6. The first-order valence-corrected chi connectivity index (χ1v) is 17.4. The maximum absolute atomic E-state index is 14.2. The van der Waals surface area contributed by atoms with Crippen LogP contribution in [-0.2, 0) is 26.3 Å². The van der Waals surface area contributed by atoms with E-state index in [-0.39, 0.29) is 29.8 Å². The molecule has 1 aliphatic carbocycles. The molecule has 3 aromatic rings. The van der Waals surface area contributed by atoms with Crippen LogP contribution in [0.5, 0.6) is 5.75 Å². The molecule has 2 aliphatic heterocycles. The van der Waals surface area contributed by atoms with Gasteiger partial charge < -0.3 is 24.2 Å². The van der Waals surface area contributed by atoms with Crippen LogP contribution in [0.25, 0.3) is 28.2 Å². The minimum atomic E-state index is -4.01. The highest BCUT2D eigenvalue weighted by molar-refractivity contribution is 7.87. The van der Waals surface area contributed by atoms with E-state index in [9.17, 15) is 27.9 Å². The summed E-state index contributed by atoms with van der Waals surface area (Å²) in [7, 11) is 0.301. The Bertz CT molecular complexity index is 1870. The molecule has 250 valence electrons. The smallest absolute Gasteiger partial charge is 0.303 e. The number of aliphatic hydroxyl groups excluding tert-OH is 1. The van der Waals surface area contributed by atoms with Crippen LogP contribution in [0.1, 0.15) is 59.5 Å². The van der Waals surface area contributed by atoms with Crippen molar-refractivity contribution in [3.8, 4) is 17.0 Å². The van der Waals surface area contributed by atoms with Gasteiger partial charge in [-0.2, -0.15) is 12.7 Å². The van der Waals surface area contributed by atoms with Crippen LogP contribution >= 0.6 is 0 Å². The Balaban J connectivity index is 1.50. The number of ether oxygens (including phenoxy) is 1. The van der Waals surface area contributed by atoms with Gasteiger partial charge in [0.25, 0.3) is 11.8 Å². The number of rotatable bonds is 7. The highest BCUT2D eigenvalue weighted by atomic mass is 32.2. The average Bonchev–Trinajstić information content (AvgIpc) is 3.29. The molecule has 2 aromatic carbocycles. The zero-order valence-electron chi connectivity index (χ0n) is 27.0. The number of amides is 3. The number of aromatic nitrogens is 1. The second-order valence-corrected chi connectivity index (χ2v) is 14.5. The lowest BCUT2D eigenvalue weighted by atomic mass is 9.81. The zero-order chi connectivity index (χ0) is 33.5. The van der Waals surface area contributed by atoms with Gasteiger partial charge in [-0.15, -0.1) is 0 Å². The van der Waals surface area contributed by atoms with Gasteiger partial charge >= 0.3 is 10.2 Å². The molecule has 3 heterocycles. The molecule has 3 aliphatic rings. The molecule has 3 amide bonds. The standard InChI is InChI=1S/C34H41N5O7S/c1-36(2)47(44,45)35-33(42)23-9-11-28-29(19-23)39-20-25(34(43)38-15-13-37(14-16-38)30(41)21-40)17-24-18-26(46-3)10-12-27(24)32(39)31(28)22-7-5-4-6-8-22/h9-12,17-19,22,40H,4-8,13-16,20-21H2,1-3H3,(H,35,42). The van der Waals surface area contributed by atoms with Gasteiger partial charge in [0, 0.05) is 67.9 Å². The lowest BCUT2D eigenvalue weighted by Crippen LogP contribution is -2.51. The second kappa shape index (κ2) is 13.1. The zero-order valence-corrected chi connectivity index (χ0v) is 27.8. The maximum atomic E-state index is 14.2. The van der Waals surface area contributed by atoms with Gasteiger partial charge in [0.1, 0.15) is 12.4 Å². The van der Waals surface area contributed by atoms with Crippen molar-refractivity contribution in [1.82, 2.24) is 23.4 Å². The van der Waals surface area contributed by atoms with E-state index in [2.05, 4.69) is 9.29 Å². The first kappa shape index (κ1) is 32.7. The summed E-state index contributed by atoms with van der Waals surface area (Å²) in [5.74, 6) is -0.317. The first-order valence-electron chi connectivity index (χ1n) is 16.0. The Morgan fingerprint density at radius 3 is 2.34 bits per heavy atom. The average molecular weight is 664 g/mol. The number of hydrogen-bond acceptors (Lipinski definition) is 7. The Kier molecular flexibility index (Phi) is 9.14. The van der Waals surface area contributed by atoms with Crippen molar-refractivity contribution in [3.05, 3.63) is 58.7 Å². The number of piperazine rings is 1. The molecule has 2 fully saturated rings. The highest BCUT2D eigenvalue weighted by Gasteiger charge is 2.33. The predicted molar refractivity (Wildman–Crippen MR) is 178 cm³/mol. The number of methoxy groups -OCH3 is 1. The van der Waals surface area contributed by atoms with Gasteiger partial charge in [-0.05, 0) is 66.3 Å². The molecule has 47 heavy (non-hydrogen) atoms. The van der Waals surface area contributed by atoms with E-state index in [4.69, 9.17) is 4.74 Å². The quantitative estimate of drug-likeness (QED) is 0.396. The highest BCUT2D eigenvalue weighted by Crippen LogP contribution is 2.47. The van der Waals surface area contributed by atoms with Gasteiger partial charge in [-0.25, -0.2) is 4.72 Å². The molecule has 1 saturated heterocycles. The fraction of sp³-hybridized carbons (Fsp3) is 0.441. The molecular formula is C34H41N5O7S. The SMILES string of the molecule is COc1ccc2c(c1)C=C(C(=O)N1CCN(C(=O)CO)CC1)Cn1c-2c(C2CCCCC2)c2ccc(C(=O)NS(=O)(=O)N(C)C)cc21. The summed E-state index contributed by atoms with van der Waals surface area (Å²) >= 11 is 0. The summed E-state index contributed by atoms with van der Waals surface area (Å²) in [5, 5.41) is 10.3. The van der Waals surface area contributed by atoms with Gasteiger partial charge in [0.15, 0.2) is 0 Å².